The third kappa shape index (κ3) is 2.67. The summed E-state index contributed by atoms with van der Waals surface area (Å²) in [6.07, 6.45) is -1.70. The molecule has 4 rings (SSSR count). The van der Waals surface area contributed by atoms with Gasteiger partial charge in [0, 0.05) is 11.5 Å². The summed E-state index contributed by atoms with van der Waals surface area (Å²) in [5.41, 5.74) is 8.36. The zero-order valence-corrected chi connectivity index (χ0v) is 18.5. The molecule has 0 spiro atoms. The number of rotatable bonds is 3. The summed E-state index contributed by atoms with van der Waals surface area (Å²) in [5.74, 6) is -9.75. The number of ketones is 2. The van der Waals surface area contributed by atoms with Gasteiger partial charge in [-0.3, -0.25) is 19.3 Å². The zero-order chi connectivity index (χ0) is 25.4. The largest absolute Gasteiger partial charge is 0.508 e. The highest BCUT2D eigenvalue weighted by Gasteiger charge is 2.68. The van der Waals surface area contributed by atoms with Crippen LogP contribution >= 0.6 is 0 Å². The van der Waals surface area contributed by atoms with Crippen molar-refractivity contribution in [2.45, 2.75) is 30.6 Å². The van der Waals surface area contributed by atoms with Crippen LogP contribution in [0.2, 0.25) is 0 Å². The van der Waals surface area contributed by atoms with E-state index in [1.165, 1.54) is 31.1 Å². The molecule has 0 bridgehead atoms. The van der Waals surface area contributed by atoms with Crippen LogP contribution in [0, 0.1) is 17.4 Å². The first-order chi connectivity index (χ1) is 15.8. The third-order valence-electron chi connectivity index (χ3n) is 7.21. The van der Waals surface area contributed by atoms with Crippen molar-refractivity contribution in [3.8, 4) is 5.75 Å². The van der Waals surface area contributed by atoms with E-state index in [1.54, 1.807) is 6.92 Å². The highest BCUT2D eigenvalue weighted by atomic mass is 16.4. The number of nitrogens with two attached hydrogens (primary N) is 1. The first-order valence-electron chi connectivity index (χ1n) is 10.4. The lowest BCUT2D eigenvalue weighted by Gasteiger charge is -2.53. The molecule has 0 aromatic heterocycles. The number of phenolic OH excluding ortho intramolecular Hbond substituents is 1. The number of fused-ring (bicyclic) bond motifs is 3. The highest BCUT2D eigenvalue weighted by molar-refractivity contribution is 6.24. The zero-order valence-electron chi connectivity index (χ0n) is 18.5. The number of aliphatic hydroxyl groups excluding tert-OH is 3. The summed E-state index contributed by atoms with van der Waals surface area (Å²) in [6.45, 7) is 1.57. The second kappa shape index (κ2) is 7.45. The van der Waals surface area contributed by atoms with E-state index < -0.39 is 81.4 Å². The van der Waals surface area contributed by atoms with E-state index >= 15 is 0 Å². The Bertz CT molecular complexity index is 1240. The van der Waals surface area contributed by atoms with Crippen molar-refractivity contribution in [3.63, 3.8) is 0 Å². The van der Waals surface area contributed by atoms with Gasteiger partial charge < -0.3 is 31.3 Å². The lowest BCUT2D eigenvalue weighted by Crippen LogP contribution is -2.70. The van der Waals surface area contributed by atoms with E-state index in [4.69, 9.17) is 11.3 Å². The van der Waals surface area contributed by atoms with Gasteiger partial charge in [0.15, 0.2) is 11.4 Å². The van der Waals surface area contributed by atoms with Crippen LogP contribution in [0.5, 0.6) is 5.75 Å². The topological polar surface area (TPSA) is 218 Å². The Balaban J connectivity index is 2.09. The number of nitrogens with one attached hydrogen (secondary N) is 1. The van der Waals surface area contributed by atoms with E-state index in [0.717, 1.165) is 0 Å². The maximum absolute atomic E-state index is 13.7. The Morgan fingerprint density at radius 2 is 1.82 bits per heavy atom. The van der Waals surface area contributed by atoms with Crippen molar-refractivity contribution < 1.29 is 39.9 Å². The number of nitrogens with zero attached hydrogens (tertiary/aromatic N) is 2. The molecule has 180 valence electrons. The van der Waals surface area contributed by atoms with E-state index in [2.05, 4.69) is 5.11 Å². The van der Waals surface area contributed by atoms with Crippen molar-refractivity contribution in [2.24, 2.45) is 22.7 Å². The summed E-state index contributed by atoms with van der Waals surface area (Å²) < 4.78 is 0. The molecular weight excluding hydrogens is 448 g/mol. The van der Waals surface area contributed by atoms with Gasteiger partial charge in [-0.25, -0.2) is 5.53 Å². The Labute approximate surface area is 193 Å². The number of phenols is 1. The number of carbonyl (C=O) groups excluding carboxylic acids is 3. The molecule has 3 aliphatic rings. The number of aromatic hydroxyl groups is 1. The summed E-state index contributed by atoms with van der Waals surface area (Å²) in [6, 6.07) is 1.08. The molecule has 1 aromatic rings. The van der Waals surface area contributed by atoms with E-state index in [9.17, 15) is 39.9 Å². The van der Waals surface area contributed by atoms with Gasteiger partial charge in [0.2, 0.25) is 5.78 Å². The summed E-state index contributed by atoms with van der Waals surface area (Å²) >= 11 is 0. The molecule has 34 heavy (non-hydrogen) atoms. The van der Waals surface area contributed by atoms with E-state index in [1.807, 2.05) is 0 Å². The monoisotopic (exact) mass is 472 g/mol. The van der Waals surface area contributed by atoms with Crippen LogP contribution < -0.4 is 5.73 Å². The van der Waals surface area contributed by atoms with Crippen LogP contribution in [0.25, 0.3) is 5.76 Å². The van der Waals surface area contributed by atoms with E-state index in [-0.39, 0.29) is 16.8 Å². The fraction of sp³-hybridized carbons (Fsp3) is 0.409. The van der Waals surface area contributed by atoms with Crippen LogP contribution in [-0.2, 0) is 14.4 Å². The molecule has 1 fully saturated rings. The quantitative estimate of drug-likeness (QED) is 0.235. The van der Waals surface area contributed by atoms with Gasteiger partial charge in [-0.05, 0) is 37.7 Å². The lowest BCUT2D eigenvalue weighted by molar-refractivity contribution is -0.169. The van der Waals surface area contributed by atoms with Gasteiger partial charge in [-0.2, -0.15) is 5.11 Å². The van der Waals surface area contributed by atoms with Crippen molar-refractivity contribution >= 4 is 28.9 Å². The average molecular weight is 472 g/mol. The molecule has 0 radical (unpaired) electrons. The standard InChI is InChI=1S/C22H24N4O8/c1-6-9-7(25-24)4-5-8(27)11(9)16(28)12-10(6)17(29)14-15(26(2)3)18(30)13(21(23)33)20(32)22(14,34)19(12)31/h4-6,10,14-15,17,24,27-29,32,34H,1-3H3,(H2,23,33)/t6-,10?,14?,15-,17-,22-/m0/s1. The highest BCUT2D eigenvalue weighted by Crippen LogP contribution is 2.57. The predicted octanol–water partition coefficient (Wildman–Crippen LogP) is 0.158. The summed E-state index contributed by atoms with van der Waals surface area (Å²) in [4.78, 5) is 40.1. The lowest BCUT2D eigenvalue weighted by atomic mass is 9.54. The number of Topliss-reactive ketones (excluding diaryl/α,β-unsaturated/α-hetero) is 2. The van der Waals surface area contributed by atoms with E-state index in [0.29, 0.717) is 0 Å². The SMILES string of the molecule is C[C@H]1c2c(N=N)ccc(O)c2C(O)=C2C(=O)[C@]3(O)C(O)=C(C(N)=O)C(=O)[C@@H](N(C)C)C3[C@@H](O)C21. The number of likely N-dealkylation sites (N-methyl/N-ethyl adjacent to an activating group) is 1. The fourth-order valence-corrected chi connectivity index (χ4v) is 5.77. The molecule has 2 unspecified atom stereocenters. The number of aliphatic hydroxyl groups is 4. The molecule has 12 heteroatoms. The van der Waals surface area contributed by atoms with Gasteiger partial charge in [0.1, 0.15) is 22.8 Å². The third-order valence-corrected chi connectivity index (χ3v) is 7.21. The van der Waals surface area contributed by atoms with Gasteiger partial charge in [0.05, 0.1) is 29.3 Å². The molecule has 1 saturated carbocycles. The van der Waals surface area contributed by atoms with Crippen LogP contribution in [-0.4, -0.2) is 79.7 Å². The molecule has 8 N–H and O–H groups in total. The molecule has 0 aliphatic heterocycles. The number of hydrogen-bond acceptors (Lipinski definition) is 11. The number of benzene rings is 1. The minimum Gasteiger partial charge on any atom is -0.508 e. The first kappa shape index (κ1) is 23.5. The van der Waals surface area contributed by atoms with Crippen molar-refractivity contribution in [2.75, 3.05) is 14.1 Å². The van der Waals surface area contributed by atoms with Gasteiger partial charge in [-0.15, -0.1) is 0 Å². The fourth-order valence-electron chi connectivity index (χ4n) is 5.77. The number of amides is 1. The normalized spacial score (nSPS) is 32.9. The molecule has 0 heterocycles. The Kier molecular flexibility index (Phi) is 5.16. The van der Waals surface area contributed by atoms with Crippen LogP contribution in [0.1, 0.15) is 24.0 Å². The molecule has 0 saturated heterocycles. The molecule has 3 aliphatic carbocycles. The second-order valence-corrected chi connectivity index (χ2v) is 9.05. The number of carbonyl (C=O) groups is 3. The van der Waals surface area contributed by atoms with Crippen molar-refractivity contribution in [1.29, 1.82) is 5.53 Å². The van der Waals surface area contributed by atoms with Crippen molar-refractivity contribution in [3.05, 3.63) is 40.2 Å². The second-order valence-electron chi connectivity index (χ2n) is 9.05. The predicted molar refractivity (Wildman–Crippen MR) is 115 cm³/mol. The van der Waals surface area contributed by atoms with Crippen LogP contribution in [0.15, 0.2) is 34.2 Å². The Hall–Kier alpha value is -3.61. The first-order valence-corrected chi connectivity index (χ1v) is 10.4. The summed E-state index contributed by atoms with van der Waals surface area (Å²) in [5, 5.41) is 58.7. The van der Waals surface area contributed by atoms with Gasteiger partial charge in [0.25, 0.3) is 5.91 Å². The molecule has 6 atom stereocenters. The average Bonchev–Trinajstić information content (AvgIpc) is 2.75. The molecular formula is C22H24N4O8. The maximum atomic E-state index is 13.7. The van der Waals surface area contributed by atoms with Gasteiger partial charge >= 0.3 is 0 Å². The van der Waals surface area contributed by atoms with Gasteiger partial charge in [-0.1, -0.05) is 6.92 Å². The smallest absolute Gasteiger partial charge is 0.255 e. The maximum Gasteiger partial charge on any atom is 0.255 e. The Morgan fingerprint density at radius 1 is 1.21 bits per heavy atom. The molecule has 1 amide bonds. The van der Waals surface area contributed by atoms with Crippen molar-refractivity contribution in [1.82, 2.24) is 4.90 Å². The minimum absolute atomic E-state index is 0.0778. The minimum atomic E-state index is -2.96. The van der Waals surface area contributed by atoms with Crippen LogP contribution in [0.4, 0.5) is 5.69 Å². The number of primary amides is 1. The number of hydrogen-bond donors (Lipinski definition) is 7. The van der Waals surface area contributed by atoms with Crippen LogP contribution in [0.3, 0.4) is 0 Å². The Morgan fingerprint density at radius 3 is 2.35 bits per heavy atom. The summed E-state index contributed by atoms with van der Waals surface area (Å²) in [7, 11) is 2.86. The molecule has 12 nitrogen and oxygen atoms in total. The molecule has 1 aromatic carbocycles.